The fourth-order valence-corrected chi connectivity index (χ4v) is 4.47. The van der Waals surface area contributed by atoms with Gasteiger partial charge in [0.25, 0.3) is 5.69 Å². The lowest BCUT2D eigenvalue weighted by molar-refractivity contribution is -0.385. The van der Waals surface area contributed by atoms with E-state index in [-0.39, 0.29) is 10.6 Å². The van der Waals surface area contributed by atoms with E-state index in [2.05, 4.69) is 9.71 Å². The summed E-state index contributed by atoms with van der Waals surface area (Å²) in [6.45, 7) is 5.02. The van der Waals surface area contributed by atoms with Crippen molar-refractivity contribution >= 4 is 15.7 Å². The summed E-state index contributed by atoms with van der Waals surface area (Å²) in [6.07, 6.45) is 5.16. The number of nitrogens with one attached hydrogen (secondary N) is 1. The number of nitrogens with zero attached hydrogens (tertiary/aromatic N) is 3. The molecule has 0 bridgehead atoms. The van der Waals surface area contributed by atoms with Crippen molar-refractivity contribution in [2.24, 2.45) is 0 Å². The molecule has 1 N–H and O–H groups in total. The van der Waals surface area contributed by atoms with E-state index in [1.165, 1.54) is 6.07 Å². The summed E-state index contributed by atoms with van der Waals surface area (Å²) in [7, 11) is -3.94. The van der Waals surface area contributed by atoms with Crippen molar-refractivity contribution in [2.45, 2.75) is 31.7 Å². The largest absolute Gasteiger partial charge is 0.306 e. The molecule has 8 nitrogen and oxygen atoms in total. The zero-order valence-corrected chi connectivity index (χ0v) is 16.5. The van der Waals surface area contributed by atoms with Gasteiger partial charge in [0.15, 0.2) is 0 Å². The molecule has 0 aliphatic carbocycles. The smallest absolute Gasteiger partial charge is 0.271 e. The minimum Gasteiger partial charge on any atom is -0.306 e. The zero-order valence-electron chi connectivity index (χ0n) is 15.7. The van der Waals surface area contributed by atoms with E-state index in [1.54, 1.807) is 33.3 Å². The molecular weight excluding hydrogens is 380 g/mol. The lowest BCUT2D eigenvalue weighted by Crippen LogP contribution is -2.27. The molecule has 3 aromatic rings. The third-order valence-electron chi connectivity index (χ3n) is 4.63. The van der Waals surface area contributed by atoms with Crippen molar-refractivity contribution < 1.29 is 13.3 Å². The molecule has 1 atom stereocenters. The SMILES string of the molecule is Cc1cc([N+](=O)[O-])cc(S(=O)(=O)NC(C)c2ccc(-n3ccnc3)cc2)c1C. The van der Waals surface area contributed by atoms with Crippen LogP contribution in [0.15, 0.2) is 60.0 Å². The van der Waals surface area contributed by atoms with Crippen LogP contribution in [0.5, 0.6) is 0 Å². The second kappa shape index (κ2) is 7.53. The Morgan fingerprint density at radius 2 is 1.86 bits per heavy atom. The maximum Gasteiger partial charge on any atom is 0.271 e. The molecule has 28 heavy (non-hydrogen) atoms. The third-order valence-corrected chi connectivity index (χ3v) is 6.30. The number of nitro benzene ring substituents is 1. The number of aromatic nitrogens is 2. The molecule has 9 heteroatoms. The predicted molar refractivity (Wildman–Crippen MR) is 105 cm³/mol. The molecule has 0 aliphatic heterocycles. The molecule has 0 saturated heterocycles. The second-order valence-corrected chi connectivity index (χ2v) is 8.23. The van der Waals surface area contributed by atoms with Crippen molar-refractivity contribution in [3.8, 4) is 5.69 Å². The first-order valence-electron chi connectivity index (χ1n) is 8.55. The van der Waals surface area contributed by atoms with Crippen LogP contribution in [0.25, 0.3) is 5.69 Å². The molecule has 0 aliphatic rings. The number of aryl methyl sites for hydroxylation is 1. The number of imidazole rings is 1. The monoisotopic (exact) mass is 400 g/mol. The van der Waals surface area contributed by atoms with E-state index in [4.69, 9.17) is 0 Å². The number of rotatable bonds is 6. The average Bonchev–Trinajstić information content (AvgIpc) is 3.18. The predicted octanol–water partition coefficient (Wildman–Crippen LogP) is 3.44. The Morgan fingerprint density at radius 1 is 1.18 bits per heavy atom. The van der Waals surface area contributed by atoms with Gasteiger partial charge in [0.1, 0.15) is 0 Å². The van der Waals surface area contributed by atoms with E-state index in [1.807, 2.05) is 35.0 Å². The van der Waals surface area contributed by atoms with Crippen LogP contribution in [0.4, 0.5) is 5.69 Å². The van der Waals surface area contributed by atoms with E-state index < -0.39 is 21.0 Å². The molecule has 0 saturated carbocycles. The number of sulfonamides is 1. The number of benzene rings is 2. The van der Waals surface area contributed by atoms with Crippen LogP contribution in [-0.2, 0) is 10.0 Å². The Kier molecular flexibility index (Phi) is 5.30. The van der Waals surface area contributed by atoms with Crippen molar-refractivity contribution in [1.29, 1.82) is 0 Å². The van der Waals surface area contributed by atoms with Crippen molar-refractivity contribution in [1.82, 2.24) is 14.3 Å². The second-order valence-electron chi connectivity index (χ2n) is 6.55. The quantitative estimate of drug-likeness (QED) is 0.504. The highest BCUT2D eigenvalue weighted by atomic mass is 32.2. The Balaban J connectivity index is 1.87. The summed E-state index contributed by atoms with van der Waals surface area (Å²) < 4.78 is 30.2. The van der Waals surface area contributed by atoms with E-state index in [0.717, 1.165) is 17.3 Å². The fraction of sp³-hybridized carbons (Fsp3) is 0.211. The van der Waals surface area contributed by atoms with Gasteiger partial charge >= 0.3 is 0 Å². The molecule has 146 valence electrons. The average molecular weight is 400 g/mol. The van der Waals surface area contributed by atoms with E-state index in [9.17, 15) is 18.5 Å². The van der Waals surface area contributed by atoms with Crippen LogP contribution < -0.4 is 4.72 Å². The van der Waals surface area contributed by atoms with Crippen molar-refractivity contribution in [2.75, 3.05) is 0 Å². The van der Waals surface area contributed by atoms with Gasteiger partial charge in [-0.1, -0.05) is 12.1 Å². The van der Waals surface area contributed by atoms with Gasteiger partial charge in [0, 0.05) is 36.3 Å². The van der Waals surface area contributed by atoms with Crippen LogP contribution in [0.2, 0.25) is 0 Å². The lowest BCUT2D eigenvalue weighted by Gasteiger charge is -2.17. The summed E-state index contributed by atoms with van der Waals surface area (Å²) in [5.74, 6) is 0. The molecule has 0 fully saturated rings. The van der Waals surface area contributed by atoms with Crippen LogP contribution >= 0.6 is 0 Å². The molecular formula is C19H20N4O4S. The molecule has 3 rings (SSSR count). The Bertz CT molecular complexity index is 1110. The first-order valence-corrected chi connectivity index (χ1v) is 10.0. The Hall–Kier alpha value is -3.04. The third kappa shape index (κ3) is 3.95. The Labute approximate surface area is 163 Å². The number of hydrogen-bond acceptors (Lipinski definition) is 5. The van der Waals surface area contributed by atoms with Gasteiger partial charge in [-0.2, -0.15) is 0 Å². The summed E-state index contributed by atoms with van der Waals surface area (Å²) in [4.78, 5) is 14.4. The summed E-state index contributed by atoms with van der Waals surface area (Å²) in [5.41, 5.74) is 2.46. The minimum absolute atomic E-state index is 0.0823. The van der Waals surface area contributed by atoms with Crippen molar-refractivity contribution in [3.63, 3.8) is 0 Å². The van der Waals surface area contributed by atoms with Gasteiger partial charge in [-0.3, -0.25) is 10.1 Å². The summed E-state index contributed by atoms with van der Waals surface area (Å²) in [6, 6.07) is 9.34. The van der Waals surface area contributed by atoms with Gasteiger partial charge < -0.3 is 4.57 Å². The van der Waals surface area contributed by atoms with Crippen LogP contribution in [-0.4, -0.2) is 22.9 Å². The number of non-ortho nitro benzene ring substituents is 1. The topological polar surface area (TPSA) is 107 Å². The normalized spacial score (nSPS) is 12.7. The van der Waals surface area contributed by atoms with Gasteiger partial charge in [-0.05, 0) is 49.6 Å². The standard InChI is InChI=1S/C19H20N4O4S/c1-13-10-18(23(24)25)11-19(14(13)2)28(26,27)21-15(3)16-4-6-17(7-5-16)22-9-8-20-12-22/h4-12,15,21H,1-3H3. The fourth-order valence-electron chi connectivity index (χ4n) is 2.90. The van der Waals surface area contributed by atoms with Gasteiger partial charge in [0.05, 0.1) is 16.1 Å². The minimum atomic E-state index is -3.94. The maximum atomic E-state index is 12.9. The summed E-state index contributed by atoms with van der Waals surface area (Å²) >= 11 is 0. The van der Waals surface area contributed by atoms with Gasteiger partial charge in [-0.25, -0.2) is 18.1 Å². The molecule has 0 radical (unpaired) electrons. The first-order chi connectivity index (χ1) is 13.2. The van der Waals surface area contributed by atoms with E-state index in [0.29, 0.717) is 11.1 Å². The van der Waals surface area contributed by atoms with E-state index >= 15 is 0 Å². The molecule has 2 aromatic carbocycles. The van der Waals surface area contributed by atoms with Gasteiger partial charge in [0.2, 0.25) is 10.0 Å². The molecule has 0 spiro atoms. The van der Waals surface area contributed by atoms with Crippen molar-refractivity contribution in [3.05, 3.63) is 81.9 Å². The molecule has 1 unspecified atom stereocenters. The number of hydrogen-bond donors (Lipinski definition) is 1. The highest BCUT2D eigenvalue weighted by Crippen LogP contribution is 2.27. The molecule has 1 heterocycles. The van der Waals surface area contributed by atoms with Crippen LogP contribution in [0.1, 0.15) is 29.7 Å². The Morgan fingerprint density at radius 3 is 2.43 bits per heavy atom. The van der Waals surface area contributed by atoms with Gasteiger partial charge in [-0.15, -0.1) is 0 Å². The lowest BCUT2D eigenvalue weighted by atomic mass is 10.1. The molecule has 1 aromatic heterocycles. The van der Waals surface area contributed by atoms with Crippen LogP contribution in [0.3, 0.4) is 0 Å². The highest BCUT2D eigenvalue weighted by Gasteiger charge is 2.24. The molecule has 0 amide bonds. The van der Waals surface area contributed by atoms with Crippen LogP contribution in [0, 0.1) is 24.0 Å². The highest BCUT2D eigenvalue weighted by molar-refractivity contribution is 7.89. The maximum absolute atomic E-state index is 12.9. The zero-order chi connectivity index (χ0) is 20.5. The summed E-state index contributed by atoms with van der Waals surface area (Å²) in [5, 5.41) is 11.1. The number of nitro groups is 1. The first kappa shape index (κ1) is 19.7.